The number of alkyl halides is 1. The van der Waals surface area contributed by atoms with Gasteiger partial charge in [0.15, 0.2) is 0 Å². The van der Waals surface area contributed by atoms with Crippen LogP contribution in [-0.2, 0) is 4.74 Å². The molecule has 0 fully saturated rings. The van der Waals surface area contributed by atoms with Crippen LogP contribution in [0.3, 0.4) is 0 Å². The Kier molecular flexibility index (Phi) is 6.92. The van der Waals surface area contributed by atoms with E-state index in [0.29, 0.717) is 13.0 Å². The molecule has 0 bridgehead atoms. The fourth-order valence-electron chi connectivity index (χ4n) is 1.17. The van der Waals surface area contributed by atoms with Gasteiger partial charge in [-0.05, 0) is 25.0 Å². The molecule has 0 saturated carbocycles. The van der Waals surface area contributed by atoms with Gasteiger partial charge in [-0.15, -0.1) is 0 Å². The van der Waals surface area contributed by atoms with Crippen LogP contribution in [0.25, 0.3) is 0 Å². The van der Waals surface area contributed by atoms with Crippen molar-refractivity contribution in [3.63, 3.8) is 0 Å². The molecular formula is C12H15FIO. The van der Waals surface area contributed by atoms with E-state index in [1.54, 1.807) is 12.2 Å². The number of allylic oxidation sites excluding steroid dienone is 5. The third kappa shape index (κ3) is 6.10. The molecule has 1 radical (unpaired) electrons. The first kappa shape index (κ1) is 12.9. The molecule has 0 aromatic heterocycles. The van der Waals surface area contributed by atoms with Gasteiger partial charge in [0.05, 0.1) is 6.61 Å². The van der Waals surface area contributed by atoms with Crippen molar-refractivity contribution in [2.45, 2.75) is 12.8 Å². The summed E-state index contributed by atoms with van der Waals surface area (Å²) in [5.74, 6) is 0.972. The Morgan fingerprint density at radius 1 is 1.47 bits per heavy atom. The van der Waals surface area contributed by atoms with Crippen LogP contribution in [-0.4, -0.2) is 17.6 Å². The highest BCUT2D eigenvalue weighted by molar-refractivity contribution is 14.1. The van der Waals surface area contributed by atoms with Crippen molar-refractivity contribution in [1.82, 2.24) is 0 Å². The van der Waals surface area contributed by atoms with Gasteiger partial charge in [0.25, 0.3) is 0 Å². The van der Waals surface area contributed by atoms with Gasteiger partial charge in [0.1, 0.15) is 5.83 Å². The SMILES string of the molecule is FC1=CC[C](C=CCOCCCI)C=C1. The Labute approximate surface area is 104 Å². The Bertz CT molecular complexity index is 258. The van der Waals surface area contributed by atoms with Gasteiger partial charge < -0.3 is 4.74 Å². The lowest BCUT2D eigenvalue weighted by molar-refractivity contribution is 0.164. The largest absolute Gasteiger partial charge is 0.377 e. The molecule has 0 saturated heterocycles. The Balaban J connectivity index is 2.09. The van der Waals surface area contributed by atoms with Gasteiger partial charge in [0, 0.05) is 17.0 Å². The van der Waals surface area contributed by atoms with Crippen LogP contribution in [0.1, 0.15) is 12.8 Å². The van der Waals surface area contributed by atoms with Crippen molar-refractivity contribution in [3.05, 3.63) is 42.1 Å². The number of hydrogen-bond donors (Lipinski definition) is 0. The normalized spacial score (nSPS) is 17.3. The topological polar surface area (TPSA) is 9.23 Å². The minimum atomic E-state index is -0.148. The van der Waals surface area contributed by atoms with E-state index < -0.39 is 0 Å². The molecule has 0 atom stereocenters. The predicted molar refractivity (Wildman–Crippen MR) is 69.7 cm³/mol. The Hall–Kier alpha value is -0.160. The summed E-state index contributed by atoms with van der Waals surface area (Å²) in [5, 5.41) is 0. The van der Waals surface area contributed by atoms with Crippen LogP contribution in [0.15, 0.2) is 36.2 Å². The van der Waals surface area contributed by atoms with E-state index in [2.05, 4.69) is 22.6 Å². The van der Waals surface area contributed by atoms with Crippen LogP contribution in [0.5, 0.6) is 0 Å². The van der Waals surface area contributed by atoms with Crippen molar-refractivity contribution >= 4 is 22.6 Å². The molecule has 0 amide bonds. The number of halogens is 2. The van der Waals surface area contributed by atoms with Gasteiger partial charge in [0.2, 0.25) is 0 Å². The van der Waals surface area contributed by atoms with Crippen molar-refractivity contribution in [3.8, 4) is 0 Å². The quantitative estimate of drug-likeness (QED) is 0.411. The second kappa shape index (κ2) is 8.05. The third-order valence-corrected chi connectivity index (χ3v) is 2.72. The molecule has 83 valence electrons. The first-order valence-corrected chi connectivity index (χ1v) is 6.55. The molecule has 0 aliphatic heterocycles. The van der Waals surface area contributed by atoms with E-state index in [4.69, 9.17) is 4.74 Å². The number of rotatable bonds is 6. The van der Waals surface area contributed by atoms with Gasteiger partial charge in [-0.3, -0.25) is 0 Å². The summed E-state index contributed by atoms with van der Waals surface area (Å²) < 4.78 is 19.1. The number of ether oxygens (including phenoxy) is 1. The third-order valence-electron chi connectivity index (χ3n) is 1.96. The molecule has 0 aromatic rings. The van der Waals surface area contributed by atoms with Crippen LogP contribution in [0.4, 0.5) is 4.39 Å². The minimum absolute atomic E-state index is 0.148. The molecule has 0 spiro atoms. The van der Waals surface area contributed by atoms with Crippen LogP contribution in [0, 0.1) is 5.92 Å². The summed E-state index contributed by atoms with van der Waals surface area (Å²) in [6.07, 6.45) is 10.6. The maximum absolute atomic E-state index is 12.6. The monoisotopic (exact) mass is 321 g/mol. The summed E-state index contributed by atoms with van der Waals surface area (Å²) in [6, 6.07) is 0. The van der Waals surface area contributed by atoms with Crippen molar-refractivity contribution in [2.75, 3.05) is 17.6 Å². The minimum Gasteiger partial charge on any atom is -0.377 e. The lowest BCUT2D eigenvalue weighted by atomic mass is 10.0. The highest BCUT2D eigenvalue weighted by Crippen LogP contribution is 2.19. The van der Waals surface area contributed by atoms with Gasteiger partial charge in [-0.1, -0.05) is 40.8 Å². The van der Waals surface area contributed by atoms with E-state index >= 15 is 0 Å². The summed E-state index contributed by atoms with van der Waals surface area (Å²) in [6.45, 7) is 1.45. The molecule has 0 heterocycles. The van der Waals surface area contributed by atoms with E-state index in [1.165, 1.54) is 6.08 Å². The standard InChI is InChI=1S/C12H15FIO/c13-12-6-4-11(5-7-12)3-1-9-15-10-2-8-14/h1,3-4,6-7H,2,5,8-10H2. The molecule has 3 heteroatoms. The second-order valence-corrected chi connectivity index (χ2v) is 4.30. The van der Waals surface area contributed by atoms with E-state index in [0.717, 1.165) is 23.4 Å². The lowest BCUT2D eigenvalue weighted by Crippen LogP contribution is -1.96. The summed E-state index contributed by atoms with van der Waals surface area (Å²) >= 11 is 2.33. The highest BCUT2D eigenvalue weighted by Gasteiger charge is 2.04. The molecule has 1 nitrogen and oxygen atoms in total. The van der Waals surface area contributed by atoms with E-state index in [9.17, 15) is 4.39 Å². The Morgan fingerprint density at radius 3 is 3.00 bits per heavy atom. The first-order valence-electron chi connectivity index (χ1n) is 5.03. The molecule has 0 aromatic carbocycles. The van der Waals surface area contributed by atoms with Crippen molar-refractivity contribution < 1.29 is 9.13 Å². The number of hydrogen-bond acceptors (Lipinski definition) is 1. The van der Waals surface area contributed by atoms with Crippen LogP contribution in [0.2, 0.25) is 0 Å². The van der Waals surface area contributed by atoms with Crippen LogP contribution >= 0.6 is 22.6 Å². The summed E-state index contributed by atoms with van der Waals surface area (Å²) in [4.78, 5) is 0. The first-order chi connectivity index (χ1) is 7.33. The maximum Gasteiger partial charge on any atom is 0.118 e. The van der Waals surface area contributed by atoms with E-state index in [1.807, 2.05) is 12.2 Å². The smallest absolute Gasteiger partial charge is 0.118 e. The molecular weight excluding hydrogens is 306 g/mol. The molecule has 1 aliphatic carbocycles. The highest BCUT2D eigenvalue weighted by atomic mass is 127. The lowest BCUT2D eigenvalue weighted by Gasteiger charge is -2.07. The van der Waals surface area contributed by atoms with Gasteiger partial charge in [-0.2, -0.15) is 0 Å². The van der Waals surface area contributed by atoms with Gasteiger partial charge in [-0.25, -0.2) is 4.39 Å². The summed E-state index contributed by atoms with van der Waals surface area (Å²) in [7, 11) is 0. The second-order valence-electron chi connectivity index (χ2n) is 3.22. The fraction of sp³-hybridized carbons (Fsp3) is 0.417. The van der Waals surface area contributed by atoms with E-state index in [-0.39, 0.29) is 5.83 Å². The van der Waals surface area contributed by atoms with Crippen molar-refractivity contribution in [1.29, 1.82) is 0 Å². The maximum atomic E-state index is 12.6. The van der Waals surface area contributed by atoms with Crippen molar-refractivity contribution in [2.24, 2.45) is 0 Å². The van der Waals surface area contributed by atoms with Crippen LogP contribution < -0.4 is 0 Å². The zero-order valence-corrected chi connectivity index (χ0v) is 10.7. The zero-order valence-electron chi connectivity index (χ0n) is 8.59. The zero-order chi connectivity index (χ0) is 10.9. The van der Waals surface area contributed by atoms with Gasteiger partial charge >= 0.3 is 0 Å². The molecule has 1 aliphatic rings. The average Bonchev–Trinajstić information content (AvgIpc) is 2.26. The average molecular weight is 321 g/mol. The predicted octanol–water partition coefficient (Wildman–Crippen LogP) is 3.77. The fourth-order valence-corrected chi connectivity index (χ4v) is 1.48. The molecule has 0 unspecified atom stereocenters. The molecule has 15 heavy (non-hydrogen) atoms. The Morgan fingerprint density at radius 2 is 2.33 bits per heavy atom. The summed E-state index contributed by atoms with van der Waals surface area (Å²) in [5.41, 5.74) is 0. The molecule has 0 N–H and O–H groups in total. The molecule has 1 rings (SSSR count).